The van der Waals surface area contributed by atoms with Gasteiger partial charge in [0.25, 0.3) is 5.91 Å². The summed E-state index contributed by atoms with van der Waals surface area (Å²) in [5.41, 5.74) is 1.45. The van der Waals surface area contributed by atoms with Crippen molar-refractivity contribution in [3.05, 3.63) is 80.2 Å². The van der Waals surface area contributed by atoms with Crippen LogP contribution in [-0.2, 0) is 13.2 Å². The van der Waals surface area contributed by atoms with Crippen LogP contribution in [0.25, 0.3) is 0 Å². The van der Waals surface area contributed by atoms with Crippen molar-refractivity contribution in [2.75, 3.05) is 0 Å². The number of carbonyl (C=O) groups excluding carboxylic acids is 1. The van der Waals surface area contributed by atoms with Gasteiger partial charge in [-0.25, -0.2) is 4.98 Å². The van der Waals surface area contributed by atoms with Crippen LogP contribution in [0.15, 0.2) is 53.9 Å². The number of hydrogen-bond donors (Lipinski definition) is 0. The Bertz CT molecular complexity index is 942. The Morgan fingerprint density at radius 3 is 2.57 bits per heavy atom. The van der Waals surface area contributed by atoms with Crippen LogP contribution < -0.4 is 4.74 Å². The minimum atomic E-state index is -0.0450. The topological polar surface area (TPSA) is 42.4 Å². The molecule has 0 N–H and O–H groups in total. The molecule has 1 aromatic heterocycles. The largest absolute Gasteiger partial charge is 0.486 e. The molecule has 0 radical (unpaired) electrons. The molecular weight excluding hydrogens is 415 g/mol. The van der Waals surface area contributed by atoms with Gasteiger partial charge in [-0.3, -0.25) is 4.79 Å². The van der Waals surface area contributed by atoms with Crippen LogP contribution in [0, 0.1) is 0 Å². The highest BCUT2D eigenvalue weighted by Gasteiger charge is 2.20. The summed E-state index contributed by atoms with van der Waals surface area (Å²) in [7, 11) is 0. The second-order valence-electron chi connectivity index (χ2n) is 6.51. The molecule has 0 unspecified atom stereocenters. The van der Waals surface area contributed by atoms with E-state index < -0.39 is 0 Å². The van der Waals surface area contributed by atoms with Gasteiger partial charge in [-0.2, -0.15) is 0 Å². The van der Waals surface area contributed by atoms with Crippen molar-refractivity contribution in [2.24, 2.45) is 0 Å². The van der Waals surface area contributed by atoms with E-state index in [1.54, 1.807) is 41.3 Å². The monoisotopic (exact) mass is 434 g/mol. The molecule has 0 aliphatic carbocycles. The second-order valence-corrected chi connectivity index (χ2v) is 8.33. The maximum atomic E-state index is 12.9. The van der Waals surface area contributed by atoms with Crippen LogP contribution in [0.5, 0.6) is 5.75 Å². The molecule has 0 spiro atoms. The Balaban J connectivity index is 1.65. The number of nitrogens with zero attached hydrogens (tertiary/aromatic N) is 2. The van der Waals surface area contributed by atoms with Gasteiger partial charge in [0.15, 0.2) is 0 Å². The standard InChI is InChI=1S/C21H20Cl2N2O2S/c1-14(2)25(21(26)15-6-8-16(22)9-7-15)11-18-13-28-20(24-18)12-27-19-5-3-4-17(23)10-19/h3-10,13-14H,11-12H2,1-2H3. The molecule has 3 rings (SSSR count). The molecule has 3 aromatic rings. The van der Waals surface area contributed by atoms with Crippen LogP contribution in [-0.4, -0.2) is 21.8 Å². The molecule has 28 heavy (non-hydrogen) atoms. The van der Waals surface area contributed by atoms with Crippen molar-refractivity contribution in [1.82, 2.24) is 9.88 Å². The zero-order chi connectivity index (χ0) is 20.1. The molecule has 1 heterocycles. The molecule has 0 aliphatic rings. The van der Waals surface area contributed by atoms with Gasteiger partial charge in [-0.05, 0) is 56.3 Å². The Labute approximate surface area is 178 Å². The summed E-state index contributed by atoms with van der Waals surface area (Å²) in [4.78, 5) is 19.3. The minimum Gasteiger partial charge on any atom is -0.486 e. The van der Waals surface area contributed by atoms with Crippen molar-refractivity contribution in [3.63, 3.8) is 0 Å². The van der Waals surface area contributed by atoms with Gasteiger partial charge in [-0.15, -0.1) is 11.3 Å². The zero-order valence-corrected chi connectivity index (χ0v) is 17.9. The fourth-order valence-electron chi connectivity index (χ4n) is 2.61. The van der Waals surface area contributed by atoms with Gasteiger partial charge in [0.1, 0.15) is 17.4 Å². The number of amides is 1. The third-order valence-electron chi connectivity index (χ3n) is 4.07. The molecule has 0 aliphatic heterocycles. The first kappa shape index (κ1) is 20.6. The Hall–Kier alpha value is -2.08. The van der Waals surface area contributed by atoms with Gasteiger partial charge >= 0.3 is 0 Å². The normalized spacial score (nSPS) is 10.9. The van der Waals surface area contributed by atoms with E-state index in [0.29, 0.717) is 34.5 Å². The molecule has 4 nitrogen and oxygen atoms in total. The van der Waals surface area contributed by atoms with Crippen molar-refractivity contribution >= 4 is 40.4 Å². The smallest absolute Gasteiger partial charge is 0.254 e. The molecule has 1 amide bonds. The fourth-order valence-corrected chi connectivity index (χ4v) is 3.61. The van der Waals surface area contributed by atoms with E-state index in [1.807, 2.05) is 31.4 Å². The maximum Gasteiger partial charge on any atom is 0.254 e. The molecule has 0 saturated heterocycles. The van der Waals surface area contributed by atoms with Gasteiger partial charge in [0, 0.05) is 27.0 Å². The van der Waals surface area contributed by atoms with E-state index >= 15 is 0 Å². The summed E-state index contributed by atoms with van der Waals surface area (Å²) in [6, 6.07) is 14.2. The minimum absolute atomic E-state index is 0.0380. The van der Waals surface area contributed by atoms with Gasteiger partial charge < -0.3 is 9.64 Å². The third-order valence-corrected chi connectivity index (χ3v) is 5.42. The second kappa shape index (κ2) is 9.41. The molecule has 0 bridgehead atoms. The lowest BCUT2D eigenvalue weighted by Gasteiger charge is -2.26. The van der Waals surface area contributed by atoms with E-state index in [0.717, 1.165) is 10.7 Å². The number of benzene rings is 2. The summed E-state index contributed by atoms with van der Waals surface area (Å²) in [5.74, 6) is 0.655. The van der Waals surface area contributed by atoms with Crippen molar-refractivity contribution in [1.29, 1.82) is 0 Å². The average Bonchev–Trinajstić information content (AvgIpc) is 3.12. The number of ether oxygens (including phenoxy) is 1. The van der Waals surface area contributed by atoms with E-state index in [-0.39, 0.29) is 11.9 Å². The Morgan fingerprint density at radius 1 is 1.14 bits per heavy atom. The molecular formula is C21H20Cl2N2O2S. The van der Waals surface area contributed by atoms with Gasteiger partial charge in [0.05, 0.1) is 12.2 Å². The highest BCUT2D eigenvalue weighted by molar-refractivity contribution is 7.09. The quantitative estimate of drug-likeness (QED) is 0.452. The average molecular weight is 435 g/mol. The number of halogens is 2. The molecule has 2 aromatic carbocycles. The zero-order valence-electron chi connectivity index (χ0n) is 15.6. The van der Waals surface area contributed by atoms with Crippen LogP contribution in [0.3, 0.4) is 0 Å². The maximum absolute atomic E-state index is 12.9. The Kier molecular flexibility index (Phi) is 6.94. The lowest BCUT2D eigenvalue weighted by Crippen LogP contribution is -2.36. The van der Waals surface area contributed by atoms with E-state index in [4.69, 9.17) is 27.9 Å². The molecule has 0 fully saturated rings. The van der Waals surface area contributed by atoms with E-state index in [1.165, 1.54) is 11.3 Å². The van der Waals surface area contributed by atoms with E-state index in [2.05, 4.69) is 4.98 Å². The summed E-state index contributed by atoms with van der Waals surface area (Å²) in [5, 5.41) is 4.04. The lowest BCUT2D eigenvalue weighted by atomic mass is 10.1. The SMILES string of the molecule is CC(C)N(Cc1csc(COc2cccc(Cl)c2)n1)C(=O)c1ccc(Cl)cc1. The van der Waals surface area contributed by atoms with Crippen molar-refractivity contribution in [2.45, 2.75) is 33.0 Å². The van der Waals surface area contributed by atoms with Crippen LogP contribution in [0.4, 0.5) is 0 Å². The summed E-state index contributed by atoms with van der Waals surface area (Å²) in [6.45, 7) is 4.78. The number of aromatic nitrogens is 1. The summed E-state index contributed by atoms with van der Waals surface area (Å²) >= 11 is 13.4. The third kappa shape index (κ3) is 5.47. The number of hydrogen-bond acceptors (Lipinski definition) is 4. The first-order chi connectivity index (χ1) is 13.4. The number of rotatable bonds is 7. The molecule has 0 saturated carbocycles. The van der Waals surface area contributed by atoms with Crippen molar-refractivity contribution < 1.29 is 9.53 Å². The Morgan fingerprint density at radius 2 is 1.89 bits per heavy atom. The number of carbonyl (C=O) groups is 1. The molecule has 146 valence electrons. The van der Waals surface area contributed by atoms with Gasteiger partial charge in [-0.1, -0.05) is 29.3 Å². The van der Waals surface area contributed by atoms with Crippen molar-refractivity contribution in [3.8, 4) is 5.75 Å². The van der Waals surface area contributed by atoms with Crippen LogP contribution in [0.2, 0.25) is 10.0 Å². The summed E-state index contributed by atoms with van der Waals surface area (Å²) < 4.78 is 5.74. The van der Waals surface area contributed by atoms with Crippen LogP contribution in [0.1, 0.15) is 34.9 Å². The van der Waals surface area contributed by atoms with Gasteiger partial charge in [0.2, 0.25) is 0 Å². The lowest BCUT2D eigenvalue weighted by molar-refractivity contribution is 0.0688. The highest BCUT2D eigenvalue weighted by atomic mass is 35.5. The predicted octanol–water partition coefficient (Wildman–Crippen LogP) is 6.08. The summed E-state index contributed by atoms with van der Waals surface area (Å²) in [6.07, 6.45) is 0. The van der Waals surface area contributed by atoms with E-state index in [9.17, 15) is 4.79 Å². The molecule has 7 heteroatoms. The molecule has 0 atom stereocenters. The first-order valence-electron chi connectivity index (χ1n) is 8.80. The van der Waals surface area contributed by atoms with Crippen LogP contribution >= 0.6 is 34.5 Å². The number of thiazole rings is 1. The fraction of sp³-hybridized carbons (Fsp3) is 0.238. The first-order valence-corrected chi connectivity index (χ1v) is 10.4. The highest BCUT2D eigenvalue weighted by Crippen LogP contribution is 2.21. The predicted molar refractivity (Wildman–Crippen MR) is 114 cm³/mol.